The number of amides is 1. The standard InChI is InChI=1S/C13H16N6OS.C6H6/c14-2-4-16-13(20)10-7-19(5-6-21-10)12-9-1-3-15-11(9)17-8-18-12;1-2-4-6-5-3-1/h1,3,7-8H,2,4-6,14H2,(H,16,20)(H,15,17,18);1-6H. The lowest BCUT2D eigenvalue weighted by atomic mass is 10.3. The number of hydrogen-bond donors (Lipinski definition) is 3. The molecule has 0 saturated heterocycles. The number of aromatic nitrogens is 3. The molecule has 1 aromatic carbocycles. The SMILES string of the molecule is NCCNC(=O)C1=CN(c2ncnc3[nH]ccc23)CCS1.c1ccccc1. The Hall–Kier alpha value is -2.84. The zero-order valence-corrected chi connectivity index (χ0v) is 15.7. The average molecular weight is 382 g/mol. The van der Waals surface area contributed by atoms with E-state index in [9.17, 15) is 4.79 Å². The van der Waals surface area contributed by atoms with Crippen LogP contribution in [0.2, 0.25) is 0 Å². The number of carbonyl (C=O) groups is 1. The number of nitrogens with one attached hydrogen (secondary N) is 2. The highest BCUT2D eigenvalue weighted by atomic mass is 32.2. The molecule has 3 aromatic rings. The molecule has 1 amide bonds. The number of nitrogens with zero attached hydrogens (tertiary/aromatic N) is 3. The minimum Gasteiger partial charge on any atom is -0.350 e. The third-order valence-electron chi connectivity index (χ3n) is 3.79. The Morgan fingerprint density at radius 3 is 2.67 bits per heavy atom. The fourth-order valence-corrected chi connectivity index (χ4v) is 3.45. The van der Waals surface area contributed by atoms with Crippen LogP contribution in [-0.2, 0) is 4.79 Å². The van der Waals surface area contributed by atoms with E-state index in [1.54, 1.807) is 11.8 Å². The first-order valence-corrected chi connectivity index (χ1v) is 9.66. The maximum Gasteiger partial charge on any atom is 0.259 e. The van der Waals surface area contributed by atoms with E-state index in [0.29, 0.717) is 18.0 Å². The molecule has 7 nitrogen and oxygen atoms in total. The normalized spacial score (nSPS) is 13.5. The number of fused-ring (bicyclic) bond motifs is 1. The molecule has 0 spiro atoms. The molecule has 0 bridgehead atoms. The van der Waals surface area contributed by atoms with E-state index in [2.05, 4.69) is 20.3 Å². The number of benzene rings is 1. The van der Waals surface area contributed by atoms with Gasteiger partial charge in [-0.3, -0.25) is 4.79 Å². The average Bonchev–Trinajstić information content (AvgIpc) is 3.23. The summed E-state index contributed by atoms with van der Waals surface area (Å²) in [6.07, 6.45) is 5.20. The van der Waals surface area contributed by atoms with Gasteiger partial charge in [0.1, 0.15) is 17.8 Å². The van der Waals surface area contributed by atoms with Gasteiger partial charge in [-0.15, -0.1) is 11.8 Å². The molecule has 140 valence electrons. The number of carbonyl (C=O) groups excluding carboxylic acids is 1. The Morgan fingerprint density at radius 2 is 1.96 bits per heavy atom. The maximum atomic E-state index is 12.0. The number of anilines is 1. The summed E-state index contributed by atoms with van der Waals surface area (Å²) in [5.74, 6) is 1.55. The number of H-pyrrole nitrogens is 1. The van der Waals surface area contributed by atoms with Crippen molar-refractivity contribution < 1.29 is 4.79 Å². The van der Waals surface area contributed by atoms with Crippen molar-refractivity contribution >= 4 is 34.5 Å². The molecule has 8 heteroatoms. The largest absolute Gasteiger partial charge is 0.350 e. The highest BCUT2D eigenvalue weighted by Gasteiger charge is 2.20. The van der Waals surface area contributed by atoms with E-state index in [-0.39, 0.29) is 5.91 Å². The van der Waals surface area contributed by atoms with E-state index in [0.717, 1.165) is 29.1 Å². The van der Waals surface area contributed by atoms with Gasteiger partial charge in [-0.1, -0.05) is 36.4 Å². The molecule has 4 rings (SSSR count). The van der Waals surface area contributed by atoms with Gasteiger partial charge in [0, 0.05) is 37.8 Å². The first kappa shape index (κ1) is 18.9. The minimum atomic E-state index is -0.0884. The van der Waals surface area contributed by atoms with Crippen molar-refractivity contribution in [2.75, 3.05) is 30.3 Å². The number of aromatic amines is 1. The van der Waals surface area contributed by atoms with E-state index in [4.69, 9.17) is 5.73 Å². The summed E-state index contributed by atoms with van der Waals surface area (Å²) >= 11 is 1.54. The molecular weight excluding hydrogens is 360 g/mol. The van der Waals surface area contributed by atoms with E-state index in [1.165, 1.54) is 6.33 Å². The van der Waals surface area contributed by atoms with Crippen LogP contribution in [0.5, 0.6) is 0 Å². The molecule has 0 fully saturated rings. The summed E-state index contributed by atoms with van der Waals surface area (Å²) in [5, 5.41) is 3.73. The van der Waals surface area contributed by atoms with Crippen molar-refractivity contribution in [3.05, 3.63) is 66.1 Å². The number of thioether (sulfide) groups is 1. The van der Waals surface area contributed by atoms with Crippen LogP contribution in [0.15, 0.2) is 66.1 Å². The second kappa shape index (κ2) is 9.75. The van der Waals surface area contributed by atoms with Gasteiger partial charge in [0.05, 0.1) is 10.3 Å². The summed E-state index contributed by atoms with van der Waals surface area (Å²) in [6.45, 7) is 1.71. The molecule has 1 aliphatic rings. The molecular formula is C19H22N6OS. The summed E-state index contributed by atoms with van der Waals surface area (Å²) in [5.41, 5.74) is 6.20. The van der Waals surface area contributed by atoms with Crippen molar-refractivity contribution in [2.45, 2.75) is 0 Å². The molecule has 0 unspecified atom stereocenters. The predicted octanol–water partition coefficient (Wildman–Crippen LogP) is 2.11. The molecule has 3 heterocycles. The Labute approximate surface area is 162 Å². The van der Waals surface area contributed by atoms with Gasteiger partial charge in [0.2, 0.25) is 0 Å². The second-order valence-electron chi connectivity index (χ2n) is 5.67. The lowest BCUT2D eigenvalue weighted by molar-refractivity contribution is -0.116. The zero-order chi connectivity index (χ0) is 18.9. The van der Waals surface area contributed by atoms with Gasteiger partial charge in [-0.2, -0.15) is 0 Å². The van der Waals surface area contributed by atoms with Crippen molar-refractivity contribution in [3.63, 3.8) is 0 Å². The van der Waals surface area contributed by atoms with Crippen LogP contribution in [0.4, 0.5) is 5.82 Å². The van der Waals surface area contributed by atoms with Crippen molar-refractivity contribution in [1.82, 2.24) is 20.3 Å². The maximum absolute atomic E-state index is 12.0. The van der Waals surface area contributed by atoms with Crippen molar-refractivity contribution in [3.8, 4) is 0 Å². The van der Waals surface area contributed by atoms with Gasteiger partial charge in [0.25, 0.3) is 5.91 Å². The van der Waals surface area contributed by atoms with Gasteiger partial charge >= 0.3 is 0 Å². The van der Waals surface area contributed by atoms with Crippen LogP contribution < -0.4 is 16.0 Å². The summed E-state index contributed by atoms with van der Waals surface area (Å²) < 4.78 is 0. The first-order valence-electron chi connectivity index (χ1n) is 8.67. The molecule has 2 aromatic heterocycles. The monoisotopic (exact) mass is 382 g/mol. The highest BCUT2D eigenvalue weighted by molar-refractivity contribution is 8.04. The fourth-order valence-electron chi connectivity index (χ4n) is 2.53. The first-order chi connectivity index (χ1) is 13.3. The molecule has 27 heavy (non-hydrogen) atoms. The van der Waals surface area contributed by atoms with Crippen LogP contribution in [0, 0.1) is 0 Å². The lowest BCUT2D eigenvalue weighted by Gasteiger charge is -2.25. The van der Waals surface area contributed by atoms with Crippen LogP contribution in [0.1, 0.15) is 0 Å². The van der Waals surface area contributed by atoms with Crippen molar-refractivity contribution in [2.24, 2.45) is 5.73 Å². The quantitative estimate of drug-likeness (QED) is 0.639. The fraction of sp³-hybridized carbons (Fsp3) is 0.211. The summed E-state index contributed by atoms with van der Waals surface area (Å²) in [6, 6.07) is 13.9. The van der Waals surface area contributed by atoms with Gasteiger partial charge in [-0.25, -0.2) is 9.97 Å². The summed E-state index contributed by atoms with van der Waals surface area (Å²) in [7, 11) is 0. The minimum absolute atomic E-state index is 0.0884. The van der Waals surface area contributed by atoms with Crippen LogP contribution in [0.3, 0.4) is 0 Å². The lowest BCUT2D eigenvalue weighted by Crippen LogP contribution is -2.33. The topological polar surface area (TPSA) is 99.9 Å². The molecule has 0 saturated carbocycles. The van der Waals surface area contributed by atoms with Crippen molar-refractivity contribution in [1.29, 1.82) is 0 Å². The van der Waals surface area contributed by atoms with Gasteiger partial charge < -0.3 is 20.9 Å². The number of hydrogen-bond acceptors (Lipinski definition) is 6. The summed E-state index contributed by atoms with van der Waals surface area (Å²) in [4.78, 5) is 26.3. The van der Waals surface area contributed by atoms with Gasteiger partial charge in [0.15, 0.2) is 0 Å². The Morgan fingerprint density at radius 1 is 1.22 bits per heavy atom. The van der Waals surface area contributed by atoms with E-state index < -0.39 is 0 Å². The highest BCUT2D eigenvalue weighted by Crippen LogP contribution is 2.28. The predicted molar refractivity (Wildman–Crippen MR) is 110 cm³/mol. The number of rotatable bonds is 4. The third-order valence-corrected chi connectivity index (χ3v) is 4.78. The van der Waals surface area contributed by atoms with Crippen LogP contribution >= 0.6 is 11.8 Å². The number of nitrogens with two attached hydrogens (primary N) is 1. The Bertz CT molecular complexity index is 869. The van der Waals surface area contributed by atoms with Crippen LogP contribution in [-0.4, -0.2) is 46.2 Å². The smallest absolute Gasteiger partial charge is 0.259 e. The van der Waals surface area contributed by atoms with Gasteiger partial charge in [-0.05, 0) is 6.07 Å². The molecule has 0 radical (unpaired) electrons. The zero-order valence-electron chi connectivity index (χ0n) is 14.8. The third kappa shape index (κ3) is 5.08. The Balaban J connectivity index is 0.000000299. The molecule has 0 aliphatic carbocycles. The second-order valence-corrected chi connectivity index (χ2v) is 6.81. The molecule has 1 aliphatic heterocycles. The Kier molecular flexibility index (Phi) is 6.84. The molecule has 4 N–H and O–H groups in total. The van der Waals surface area contributed by atoms with Crippen LogP contribution in [0.25, 0.3) is 11.0 Å². The molecule has 0 atom stereocenters. The van der Waals surface area contributed by atoms with E-state index >= 15 is 0 Å². The van der Waals surface area contributed by atoms with E-state index in [1.807, 2.05) is 59.8 Å².